The van der Waals surface area contributed by atoms with Crippen LogP contribution in [0, 0.1) is 0 Å². The summed E-state index contributed by atoms with van der Waals surface area (Å²) in [5, 5.41) is 4.01. The van der Waals surface area contributed by atoms with Crippen molar-refractivity contribution in [3.05, 3.63) is 66.0 Å². The molecule has 0 saturated heterocycles. The van der Waals surface area contributed by atoms with Crippen molar-refractivity contribution in [2.45, 2.75) is 6.42 Å². The van der Waals surface area contributed by atoms with Crippen LogP contribution in [-0.2, 0) is 6.42 Å². The zero-order chi connectivity index (χ0) is 13.8. The Morgan fingerprint density at radius 3 is 2.45 bits per heavy atom. The van der Waals surface area contributed by atoms with Gasteiger partial charge in [0.25, 0.3) is 5.89 Å². The minimum atomic E-state index is 0.526. The van der Waals surface area contributed by atoms with Crippen LogP contribution < -0.4 is 4.74 Å². The van der Waals surface area contributed by atoms with E-state index in [1.54, 1.807) is 7.11 Å². The van der Waals surface area contributed by atoms with Crippen LogP contribution in [0.5, 0.6) is 5.75 Å². The molecular weight excluding hydrogens is 252 g/mol. The van der Waals surface area contributed by atoms with Gasteiger partial charge in [-0.05, 0) is 29.8 Å². The largest absolute Gasteiger partial charge is 0.497 e. The fourth-order valence-corrected chi connectivity index (χ4v) is 1.96. The number of benzene rings is 2. The summed E-state index contributed by atoms with van der Waals surface area (Å²) < 4.78 is 10.4. The van der Waals surface area contributed by atoms with Crippen molar-refractivity contribution >= 4 is 0 Å². The fourth-order valence-electron chi connectivity index (χ4n) is 1.96. The first-order valence-electron chi connectivity index (χ1n) is 6.36. The van der Waals surface area contributed by atoms with Crippen LogP contribution in [0.2, 0.25) is 0 Å². The molecule has 0 unspecified atom stereocenters. The van der Waals surface area contributed by atoms with Gasteiger partial charge >= 0.3 is 0 Å². The van der Waals surface area contributed by atoms with E-state index < -0.39 is 0 Å². The highest BCUT2D eigenvalue weighted by Gasteiger charge is 2.09. The molecule has 3 rings (SSSR count). The average molecular weight is 266 g/mol. The maximum absolute atomic E-state index is 5.29. The van der Waals surface area contributed by atoms with Gasteiger partial charge in [-0.1, -0.05) is 35.5 Å². The summed E-state index contributed by atoms with van der Waals surface area (Å²) in [6.07, 6.45) is 0.667. The number of hydrogen-bond donors (Lipinski definition) is 0. The Hall–Kier alpha value is -2.62. The van der Waals surface area contributed by atoms with Crippen LogP contribution in [0.15, 0.2) is 59.1 Å². The van der Waals surface area contributed by atoms with Crippen molar-refractivity contribution in [2.75, 3.05) is 7.11 Å². The van der Waals surface area contributed by atoms with Crippen molar-refractivity contribution in [3.63, 3.8) is 0 Å². The molecule has 0 spiro atoms. The third-order valence-corrected chi connectivity index (χ3v) is 3.01. The van der Waals surface area contributed by atoms with Crippen molar-refractivity contribution in [1.29, 1.82) is 0 Å². The third-order valence-electron chi connectivity index (χ3n) is 3.01. The molecule has 0 amide bonds. The molecule has 0 N–H and O–H groups in total. The Kier molecular flexibility index (Phi) is 3.46. The van der Waals surface area contributed by atoms with Gasteiger partial charge in [0.1, 0.15) is 5.75 Å². The molecular formula is C16H14N2O2. The zero-order valence-electron chi connectivity index (χ0n) is 11.1. The summed E-state index contributed by atoms with van der Waals surface area (Å²) in [6, 6.07) is 17.6. The van der Waals surface area contributed by atoms with Crippen LogP contribution in [0.25, 0.3) is 11.5 Å². The highest BCUT2D eigenvalue weighted by atomic mass is 16.5. The van der Waals surface area contributed by atoms with Crippen LogP contribution in [0.1, 0.15) is 11.4 Å². The quantitative estimate of drug-likeness (QED) is 0.726. The fraction of sp³-hybridized carbons (Fsp3) is 0.125. The van der Waals surface area contributed by atoms with E-state index in [0.29, 0.717) is 18.1 Å². The molecule has 2 aromatic carbocycles. The molecule has 0 saturated carbocycles. The lowest BCUT2D eigenvalue weighted by Gasteiger charge is -1.98. The van der Waals surface area contributed by atoms with E-state index in [0.717, 1.165) is 16.9 Å². The number of hydrogen-bond acceptors (Lipinski definition) is 4. The molecule has 4 nitrogen and oxygen atoms in total. The summed E-state index contributed by atoms with van der Waals surface area (Å²) >= 11 is 0. The van der Waals surface area contributed by atoms with E-state index in [1.165, 1.54) is 0 Å². The molecule has 20 heavy (non-hydrogen) atoms. The predicted molar refractivity (Wildman–Crippen MR) is 75.5 cm³/mol. The molecule has 0 fully saturated rings. The van der Waals surface area contributed by atoms with Crippen LogP contribution >= 0.6 is 0 Å². The minimum absolute atomic E-state index is 0.526. The van der Waals surface area contributed by atoms with E-state index in [1.807, 2.05) is 54.6 Å². The number of methoxy groups -OCH3 is 1. The maximum Gasteiger partial charge on any atom is 0.257 e. The lowest BCUT2D eigenvalue weighted by Crippen LogP contribution is -1.90. The van der Waals surface area contributed by atoms with Gasteiger partial charge in [-0.3, -0.25) is 0 Å². The molecule has 100 valence electrons. The summed E-state index contributed by atoms with van der Waals surface area (Å²) in [5.41, 5.74) is 2.05. The number of rotatable bonds is 4. The lowest BCUT2D eigenvalue weighted by atomic mass is 10.1. The van der Waals surface area contributed by atoms with E-state index in [-0.39, 0.29) is 0 Å². The SMILES string of the molecule is COc1ccc(-c2nc(Cc3ccccc3)no2)cc1. The molecule has 0 bridgehead atoms. The number of ether oxygens (including phenoxy) is 1. The lowest BCUT2D eigenvalue weighted by molar-refractivity contribution is 0.414. The molecule has 1 heterocycles. The highest BCUT2D eigenvalue weighted by molar-refractivity contribution is 5.54. The Bertz CT molecular complexity index is 675. The van der Waals surface area contributed by atoms with Gasteiger partial charge in [0.2, 0.25) is 0 Å². The molecule has 1 aromatic heterocycles. The highest BCUT2D eigenvalue weighted by Crippen LogP contribution is 2.21. The molecule has 3 aromatic rings. The number of aromatic nitrogens is 2. The minimum Gasteiger partial charge on any atom is -0.497 e. The number of nitrogens with zero attached hydrogens (tertiary/aromatic N) is 2. The summed E-state index contributed by atoms with van der Waals surface area (Å²) in [6.45, 7) is 0. The molecule has 4 heteroatoms. The molecule has 0 aliphatic heterocycles. The molecule has 0 aliphatic carbocycles. The maximum atomic E-state index is 5.29. The van der Waals surface area contributed by atoms with Gasteiger partial charge in [-0.2, -0.15) is 4.98 Å². The van der Waals surface area contributed by atoms with Crippen LogP contribution in [0.3, 0.4) is 0 Å². The van der Waals surface area contributed by atoms with Crippen molar-refractivity contribution < 1.29 is 9.26 Å². The first kappa shape index (κ1) is 12.4. The van der Waals surface area contributed by atoms with Gasteiger partial charge in [-0.25, -0.2) is 0 Å². The van der Waals surface area contributed by atoms with Gasteiger partial charge in [0, 0.05) is 12.0 Å². The molecule has 0 atom stereocenters. The average Bonchev–Trinajstić information content (AvgIpc) is 2.97. The first-order valence-corrected chi connectivity index (χ1v) is 6.36. The third kappa shape index (κ3) is 2.69. The van der Waals surface area contributed by atoms with E-state index >= 15 is 0 Å². The van der Waals surface area contributed by atoms with Gasteiger partial charge in [0.05, 0.1) is 7.11 Å². The van der Waals surface area contributed by atoms with Crippen LogP contribution in [-0.4, -0.2) is 17.3 Å². The van der Waals surface area contributed by atoms with Gasteiger partial charge < -0.3 is 9.26 Å². The van der Waals surface area contributed by atoms with Gasteiger partial charge in [0.15, 0.2) is 5.82 Å². The monoisotopic (exact) mass is 266 g/mol. The van der Waals surface area contributed by atoms with Crippen molar-refractivity contribution in [1.82, 2.24) is 10.1 Å². The van der Waals surface area contributed by atoms with Gasteiger partial charge in [-0.15, -0.1) is 0 Å². The Morgan fingerprint density at radius 1 is 1.00 bits per heavy atom. The summed E-state index contributed by atoms with van der Waals surface area (Å²) in [4.78, 5) is 4.41. The standard InChI is InChI=1S/C16H14N2O2/c1-19-14-9-7-13(8-10-14)16-17-15(18-20-16)11-12-5-3-2-4-6-12/h2-10H,11H2,1H3. The summed E-state index contributed by atoms with van der Waals surface area (Å²) in [5.74, 6) is 2.01. The molecule has 0 aliphatic rings. The first-order chi connectivity index (χ1) is 9.85. The predicted octanol–water partition coefficient (Wildman–Crippen LogP) is 3.34. The zero-order valence-corrected chi connectivity index (χ0v) is 11.1. The van der Waals surface area contributed by atoms with E-state index in [2.05, 4.69) is 10.1 Å². The second kappa shape index (κ2) is 5.57. The van der Waals surface area contributed by atoms with Crippen molar-refractivity contribution in [3.8, 4) is 17.2 Å². The second-order valence-corrected chi connectivity index (χ2v) is 4.41. The normalized spacial score (nSPS) is 10.4. The summed E-state index contributed by atoms with van der Waals surface area (Å²) in [7, 11) is 1.64. The second-order valence-electron chi connectivity index (χ2n) is 4.41. The Morgan fingerprint density at radius 2 is 1.75 bits per heavy atom. The smallest absolute Gasteiger partial charge is 0.257 e. The topological polar surface area (TPSA) is 48.2 Å². The molecule has 0 radical (unpaired) electrons. The Balaban J connectivity index is 1.79. The van der Waals surface area contributed by atoms with Crippen LogP contribution in [0.4, 0.5) is 0 Å². The Labute approximate surface area is 117 Å². The van der Waals surface area contributed by atoms with E-state index in [9.17, 15) is 0 Å². The van der Waals surface area contributed by atoms with E-state index in [4.69, 9.17) is 9.26 Å². The van der Waals surface area contributed by atoms with Crippen molar-refractivity contribution in [2.24, 2.45) is 0 Å².